The smallest absolute Gasteiger partial charge is 0.334 e. The van der Waals surface area contributed by atoms with Crippen molar-refractivity contribution in [1.29, 1.82) is 0 Å². The van der Waals surface area contributed by atoms with Crippen molar-refractivity contribution >= 4 is 62.8 Å². The molecule has 3 N–H and O–H groups in total. The summed E-state index contributed by atoms with van der Waals surface area (Å²) < 4.78 is 15.9. The lowest BCUT2D eigenvalue weighted by Crippen LogP contribution is -2.42. The van der Waals surface area contributed by atoms with Crippen LogP contribution < -0.4 is 0 Å². The van der Waals surface area contributed by atoms with E-state index in [1.54, 1.807) is 19.3 Å². The van der Waals surface area contributed by atoms with Gasteiger partial charge < -0.3 is 29.3 Å². The molecule has 3 aromatic rings. The van der Waals surface area contributed by atoms with Crippen molar-refractivity contribution in [3.05, 3.63) is 106 Å². The third-order valence-corrected chi connectivity index (χ3v) is 10.8. The van der Waals surface area contributed by atoms with Crippen molar-refractivity contribution in [2.24, 2.45) is 5.92 Å². The maximum atomic E-state index is 13.7. The Hall–Kier alpha value is -5.97. The number of aromatic amines is 2. The second kappa shape index (κ2) is 14.2. The highest BCUT2D eigenvalue weighted by Gasteiger charge is 2.53. The molecule has 0 saturated carbocycles. The summed E-state index contributed by atoms with van der Waals surface area (Å²) in [5.41, 5.74) is 10.9. The number of aromatic nitrogens is 4. The van der Waals surface area contributed by atoms with Gasteiger partial charge in [0.1, 0.15) is 5.92 Å². The highest BCUT2D eigenvalue weighted by atomic mass is 16.5. The minimum atomic E-state index is -1.13. The Morgan fingerprint density at radius 2 is 1.53 bits per heavy atom. The zero-order valence-electron chi connectivity index (χ0n) is 31.2. The summed E-state index contributed by atoms with van der Waals surface area (Å²) in [6.45, 7) is 16.0. The number of methoxy groups -OCH3 is 3. The quantitative estimate of drug-likeness (QED) is 0.141. The molecule has 0 unspecified atom stereocenters. The number of rotatable bonds is 10. The molecule has 2 atom stereocenters. The van der Waals surface area contributed by atoms with Gasteiger partial charge in [0.25, 0.3) is 0 Å². The number of nitrogens with zero attached hydrogens (tertiary/aromatic N) is 2. The highest BCUT2D eigenvalue weighted by Crippen LogP contribution is 2.52. The van der Waals surface area contributed by atoms with Crippen LogP contribution >= 0.6 is 0 Å². The largest absolute Gasteiger partial charge is 0.502 e. The van der Waals surface area contributed by atoms with E-state index < -0.39 is 29.2 Å². The van der Waals surface area contributed by atoms with Gasteiger partial charge in [0.2, 0.25) is 0 Å². The zero-order chi connectivity index (χ0) is 38.4. The molecule has 1 aliphatic carbocycles. The lowest BCUT2D eigenvalue weighted by Gasteiger charge is -2.36. The molecule has 0 saturated heterocycles. The van der Waals surface area contributed by atoms with Crippen molar-refractivity contribution in [3.63, 3.8) is 0 Å². The van der Waals surface area contributed by atoms with Gasteiger partial charge in [-0.05, 0) is 98.2 Å². The Morgan fingerprint density at radius 3 is 2.19 bits per heavy atom. The van der Waals surface area contributed by atoms with E-state index in [2.05, 4.69) is 23.1 Å². The molecule has 3 aromatic heterocycles. The number of fused-ring (bicyclic) bond motifs is 11. The molecule has 53 heavy (non-hydrogen) atoms. The first kappa shape index (κ1) is 36.8. The molecule has 0 fully saturated rings. The molecular weight excluding hydrogens is 672 g/mol. The van der Waals surface area contributed by atoms with E-state index in [0.29, 0.717) is 47.8 Å². The van der Waals surface area contributed by atoms with Crippen molar-refractivity contribution in [2.45, 2.75) is 58.8 Å². The van der Waals surface area contributed by atoms with E-state index in [1.165, 1.54) is 14.2 Å². The normalized spacial score (nSPS) is 17.8. The first-order valence-corrected chi connectivity index (χ1v) is 17.4. The predicted octanol–water partition coefficient (Wildman–Crippen LogP) is 7.71. The number of carbonyl (C=O) groups excluding carboxylic acids is 2. The molecule has 0 radical (unpaired) electrons. The maximum Gasteiger partial charge on any atom is 0.334 e. The van der Waals surface area contributed by atoms with Crippen molar-refractivity contribution in [2.75, 3.05) is 21.3 Å². The Morgan fingerprint density at radius 1 is 0.849 bits per heavy atom. The van der Waals surface area contributed by atoms with Gasteiger partial charge in [-0.1, -0.05) is 31.4 Å². The standard InChI is InChI=1S/C42H44N4O7/c1-10-25-22(3)31-18-36-29-15-13-28(40(49)52-8)39(41(50)53-9)42(29,6)37(46-36)20-32-24(5)26(12-11-21(2)51-7)34(45-32)19-35-27(14-16-38(47)48)23(4)30(44-35)17-33(25)43-31/h10,13,15,17-20,39,43,45H,1-2,11-12,14,16H2,3-9H3,(H,47,48)/t39-,42+/m0/s1. The van der Waals surface area contributed by atoms with Crippen LogP contribution in [0.15, 0.2) is 60.9 Å². The monoisotopic (exact) mass is 716 g/mol. The molecule has 11 nitrogen and oxygen atoms in total. The number of hydrogen-bond donors (Lipinski definition) is 3. The van der Waals surface area contributed by atoms with E-state index in [0.717, 1.165) is 61.0 Å². The SMILES string of the molecule is C=Cc1c(C)c2cc3nc(cc4[nH]c(cc5nc(cc1[nH]2)C(C)=C5CCC(=O)O)c(CCC(=C)OC)c4C)[C@@]1(C)C3=CC=C(C(=O)OC)[C@H]1C(=O)OC. The Labute approximate surface area is 307 Å². The van der Waals surface area contributed by atoms with Crippen LogP contribution in [0.3, 0.4) is 0 Å². The van der Waals surface area contributed by atoms with Gasteiger partial charge in [0, 0.05) is 40.5 Å². The third-order valence-electron chi connectivity index (χ3n) is 10.8. The van der Waals surface area contributed by atoms with E-state index in [-0.39, 0.29) is 12.0 Å². The lowest BCUT2D eigenvalue weighted by molar-refractivity contribution is -0.149. The molecule has 0 amide bonds. The summed E-state index contributed by atoms with van der Waals surface area (Å²) in [7, 11) is 4.18. The van der Waals surface area contributed by atoms with Gasteiger partial charge in [0.15, 0.2) is 0 Å². The van der Waals surface area contributed by atoms with Gasteiger partial charge in [-0.2, -0.15) is 0 Å². The molecule has 6 rings (SSSR count). The number of hydrogen-bond acceptors (Lipinski definition) is 8. The van der Waals surface area contributed by atoms with Crippen molar-refractivity contribution in [1.82, 2.24) is 19.9 Å². The van der Waals surface area contributed by atoms with Crippen LogP contribution in [-0.4, -0.2) is 64.3 Å². The van der Waals surface area contributed by atoms with E-state index >= 15 is 0 Å². The van der Waals surface area contributed by atoms with Gasteiger partial charge in [0.05, 0.1) is 60.9 Å². The summed E-state index contributed by atoms with van der Waals surface area (Å²) in [5, 5.41) is 9.63. The number of carbonyl (C=O) groups is 3. The summed E-state index contributed by atoms with van der Waals surface area (Å²) in [4.78, 5) is 56.0. The number of nitrogens with one attached hydrogen (secondary N) is 2. The number of H-pyrrole nitrogens is 2. The first-order valence-electron chi connectivity index (χ1n) is 17.4. The van der Waals surface area contributed by atoms with E-state index in [4.69, 9.17) is 24.2 Å². The van der Waals surface area contributed by atoms with Gasteiger partial charge >= 0.3 is 17.9 Å². The number of carboxylic acids is 1. The maximum absolute atomic E-state index is 13.7. The molecule has 2 aliphatic heterocycles. The summed E-state index contributed by atoms with van der Waals surface area (Å²) in [6, 6.07) is 7.80. The summed E-state index contributed by atoms with van der Waals surface area (Å²) in [6.07, 6.45) is 6.63. The van der Waals surface area contributed by atoms with Crippen LogP contribution in [0.25, 0.3) is 44.9 Å². The number of carboxylic acid groups (broad SMARTS) is 1. The van der Waals surface area contributed by atoms with Crippen LogP contribution in [-0.2, 0) is 40.4 Å². The molecule has 5 heterocycles. The second-order valence-corrected chi connectivity index (χ2v) is 13.7. The number of aryl methyl sites for hydroxylation is 3. The van der Waals surface area contributed by atoms with E-state index in [1.807, 2.05) is 58.0 Å². The first-order chi connectivity index (χ1) is 25.3. The second-order valence-electron chi connectivity index (χ2n) is 13.7. The van der Waals surface area contributed by atoms with Gasteiger partial charge in [-0.15, -0.1) is 0 Å². The lowest BCUT2D eigenvalue weighted by atomic mass is 9.64. The van der Waals surface area contributed by atoms with Crippen molar-refractivity contribution < 1.29 is 33.7 Å². The van der Waals surface area contributed by atoms with Crippen LogP contribution in [0.2, 0.25) is 0 Å². The molecule has 0 spiro atoms. The summed E-state index contributed by atoms with van der Waals surface area (Å²) >= 11 is 0. The summed E-state index contributed by atoms with van der Waals surface area (Å²) in [5.74, 6) is -2.55. The molecular formula is C42H44N4O7. The number of ether oxygens (including phenoxy) is 3. The Bertz CT molecular complexity index is 2370. The fraction of sp³-hybridized carbons (Fsp3) is 0.310. The minimum Gasteiger partial charge on any atom is -0.502 e. The molecule has 11 heteroatoms. The van der Waals surface area contributed by atoms with Crippen LogP contribution in [0.4, 0.5) is 0 Å². The van der Waals surface area contributed by atoms with Crippen LogP contribution in [0.5, 0.6) is 0 Å². The fourth-order valence-electron chi connectivity index (χ4n) is 7.72. The molecule has 0 aromatic carbocycles. The highest BCUT2D eigenvalue weighted by molar-refractivity contribution is 6.02. The van der Waals surface area contributed by atoms with Crippen LogP contribution in [0.1, 0.15) is 78.1 Å². The molecule has 274 valence electrons. The Balaban J connectivity index is 1.78. The Kier molecular flexibility index (Phi) is 9.87. The fourth-order valence-corrected chi connectivity index (χ4v) is 7.72. The van der Waals surface area contributed by atoms with E-state index in [9.17, 15) is 19.5 Å². The third kappa shape index (κ3) is 6.30. The number of aliphatic carboxylic acids is 1. The predicted molar refractivity (Wildman–Crippen MR) is 205 cm³/mol. The van der Waals surface area contributed by atoms with Gasteiger partial charge in [-0.3, -0.25) is 14.6 Å². The van der Waals surface area contributed by atoms with Crippen LogP contribution in [0, 0.1) is 19.8 Å². The minimum absolute atomic E-state index is 0.0506. The zero-order valence-corrected chi connectivity index (χ0v) is 31.2. The molecule has 8 bridgehead atoms. The average molecular weight is 717 g/mol. The topological polar surface area (TPSA) is 156 Å². The van der Waals surface area contributed by atoms with Gasteiger partial charge in [-0.25, -0.2) is 9.78 Å². The number of allylic oxidation sites excluding steroid dienone is 6. The average Bonchev–Trinajstić information content (AvgIpc) is 3.79. The number of esters is 2. The van der Waals surface area contributed by atoms with Crippen molar-refractivity contribution in [3.8, 4) is 0 Å². The molecule has 3 aliphatic rings.